The lowest BCUT2D eigenvalue weighted by molar-refractivity contribution is 0.405. The van der Waals surface area contributed by atoms with Crippen LogP contribution in [0.25, 0.3) is 0 Å². The molecule has 2 rings (SSSR count). The monoisotopic (exact) mass is 196 g/mol. The molecule has 1 aromatic rings. The van der Waals surface area contributed by atoms with Gasteiger partial charge in [-0.05, 0) is 25.8 Å². The quantitative estimate of drug-likeness (QED) is 0.711. The molecule has 0 saturated heterocycles. The van der Waals surface area contributed by atoms with Crippen LogP contribution in [0.4, 0.5) is 0 Å². The first kappa shape index (κ1) is 9.45. The lowest BCUT2D eigenvalue weighted by Crippen LogP contribution is -2.36. The zero-order valence-electron chi connectivity index (χ0n) is 8.60. The molecule has 1 unspecified atom stereocenters. The summed E-state index contributed by atoms with van der Waals surface area (Å²) in [6.07, 6.45) is 4.10. The maximum atomic E-state index is 11.5. The molecule has 1 aliphatic rings. The van der Waals surface area contributed by atoms with Crippen molar-refractivity contribution in [2.24, 2.45) is 13.0 Å². The molecular weight excluding hydrogens is 180 g/mol. The molecule has 0 aromatic carbocycles. The van der Waals surface area contributed by atoms with Gasteiger partial charge >= 0.3 is 5.69 Å². The molecule has 1 aliphatic carbocycles. The van der Waals surface area contributed by atoms with E-state index < -0.39 is 0 Å². The molecular formula is C9H16N4O. The minimum Gasteiger partial charge on any atom is -0.315 e. The van der Waals surface area contributed by atoms with Gasteiger partial charge < -0.3 is 5.32 Å². The normalized spacial score (nSPS) is 18.4. The fraction of sp³-hybridized carbons (Fsp3) is 0.778. The van der Waals surface area contributed by atoms with Gasteiger partial charge in [0, 0.05) is 13.1 Å². The Balaban J connectivity index is 2.08. The lowest BCUT2D eigenvalue weighted by atomic mass is 10.2. The van der Waals surface area contributed by atoms with Crippen LogP contribution in [0.1, 0.15) is 12.8 Å². The minimum absolute atomic E-state index is 0.0362. The molecule has 0 aliphatic heterocycles. The summed E-state index contributed by atoms with van der Waals surface area (Å²) in [5.41, 5.74) is -0.0362. The average Bonchev–Trinajstić information content (AvgIpc) is 2.96. The first-order valence-electron chi connectivity index (χ1n) is 4.98. The largest absolute Gasteiger partial charge is 0.345 e. The van der Waals surface area contributed by atoms with Crippen molar-refractivity contribution >= 4 is 0 Å². The van der Waals surface area contributed by atoms with Crippen molar-refractivity contribution in [3.8, 4) is 0 Å². The van der Waals surface area contributed by atoms with Crippen molar-refractivity contribution in [1.82, 2.24) is 19.7 Å². The zero-order chi connectivity index (χ0) is 10.1. The zero-order valence-corrected chi connectivity index (χ0v) is 8.60. The summed E-state index contributed by atoms with van der Waals surface area (Å²) >= 11 is 0. The van der Waals surface area contributed by atoms with Gasteiger partial charge in [0.15, 0.2) is 0 Å². The van der Waals surface area contributed by atoms with Gasteiger partial charge in [0.25, 0.3) is 0 Å². The molecule has 1 atom stereocenters. The molecule has 78 valence electrons. The average molecular weight is 196 g/mol. The van der Waals surface area contributed by atoms with Crippen molar-refractivity contribution in [2.45, 2.75) is 25.4 Å². The van der Waals surface area contributed by atoms with E-state index in [-0.39, 0.29) is 5.69 Å². The summed E-state index contributed by atoms with van der Waals surface area (Å²) in [5, 5.41) is 7.28. The highest BCUT2D eigenvalue weighted by Gasteiger charge is 2.30. The van der Waals surface area contributed by atoms with Gasteiger partial charge in [0.2, 0.25) is 0 Å². The van der Waals surface area contributed by atoms with Gasteiger partial charge in [-0.15, -0.1) is 0 Å². The van der Waals surface area contributed by atoms with Crippen LogP contribution in [0, 0.1) is 5.92 Å². The van der Waals surface area contributed by atoms with Crippen molar-refractivity contribution in [1.29, 1.82) is 0 Å². The predicted molar refractivity (Wildman–Crippen MR) is 53.0 cm³/mol. The molecule has 0 spiro atoms. The van der Waals surface area contributed by atoms with E-state index in [1.807, 2.05) is 7.05 Å². The second-order valence-corrected chi connectivity index (χ2v) is 3.94. The predicted octanol–water partition coefficient (Wildman–Crippen LogP) is -0.420. The number of aromatic nitrogens is 3. The van der Waals surface area contributed by atoms with E-state index in [0.717, 1.165) is 5.92 Å². The van der Waals surface area contributed by atoms with Crippen molar-refractivity contribution in [3.05, 3.63) is 16.8 Å². The standard InChI is InChI=1S/C9H16N4O/c1-10-8(7-3-4-7)5-13-9(14)12(2)6-11-13/h6-8,10H,3-5H2,1-2H3. The summed E-state index contributed by atoms with van der Waals surface area (Å²) in [7, 11) is 3.66. The molecule has 0 radical (unpaired) electrons. The van der Waals surface area contributed by atoms with Crippen LogP contribution in [0.2, 0.25) is 0 Å². The van der Waals surface area contributed by atoms with Gasteiger partial charge in [-0.3, -0.25) is 4.57 Å². The van der Waals surface area contributed by atoms with E-state index in [1.165, 1.54) is 22.1 Å². The lowest BCUT2D eigenvalue weighted by Gasteiger charge is -2.13. The number of nitrogens with one attached hydrogen (secondary N) is 1. The Labute approximate surface area is 82.7 Å². The van der Waals surface area contributed by atoms with Crippen LogP contribution in [0.5, 0.6) is 0 Å². The van der Waals surface area contributed by atoms with Crippen molar-refractivity contribution in [3.63, 3.8) is 0 Å². The third-order valence-corrected chi connectivity index (χ3v) is 2.82. The number of hydrogen-bond acceptors (Lipinski definition) is 3. The maximum absolute atomic E-state index is 11.5. The molecule has 0 amide bonds. The van der Waals surface area contributed by atoms with Gasteiger partial charge in [-0.1, -0.05) is 0 Å². The highest BCUT2D eigenvalue weighted by Crippen LogP contribution is 2.32. The number of likely N-dealkylation sites (N-methyl/N-ethyl adjacent to an activating group) is 1. The first-order chi connectivity index (χ1) is 6.72. The highest BCUT2D eigenvalue weighted by molar-refractivity contribution is 4.85. The van der Waals surface area contributed by atoms with E-state index in [9.17, 15) is 4.79 Å². The number of hydrogen-bond donors (Lipinski definition) is 1. The van der Waals surface area contributed by atoms with E-state index in [1.54, 1.807) is 13.4 Å². The second-order valence-electron chi connectivity index (χ2n) is 3.94. The van der Waals surface area contributed by atoms with Gasteiger partial charge in [0.1, 0.15) is 6.33 Å². The highest BCUT2D eigenvalue weighted by atomic mass is 16.2. The SMILES string of the molecule is CNC(Cn1ncn(C)c1=O)C1CC1. The maximum Gasteiger partial charge on any atom is 0.345 e. The van der Waals surface area contributed by atoms with Crippen LogP contribution in [-0.4, -0.2) is 27.4 Å². The van der Waals surface area contributed by atoms with Crippen molar-refractivity contribution in [2.75, 3.05) is 7.05 Å². The molecule has 5 heteroatoms. The summed E-state index contributed by atoms with van der Waals surface area (Å²) < 4.78 is 3.03. The Hall–Kier alpha value is -1.10. The Bertz CT molecular complexity index is 363. The summed E-state index contributed by atoms with van der Waals surface area (Å²) in [6.45, 7) is 0.681. The number of aryl methyl sites for hydroxylation is 1. The van der Waals surface area contributed by atoms with Crippen LogP contribution in [0.15, 0.2) is 11.1 Å². The number of nitrogens with zero attached hydrogens (tertiary/aromatic N) is 3. The van der Waals surface area contributed by atoms with Gasteiger partial charge in [-0.2, -0.15) is 5.10 Å². The Kier molecular flexibility index (Phi) is 2.41. The van der Waals surface area contributed by atoms with Crippen molar-refractivity contribution < 1.29 is 0 Å². The second kappa shape index (κ2) is 3.57. The molecule has 5 nitrogen and oxygen atoms in total. The van der Waals surface area contributed by atoms with Crippen LogP contribution in [0.3, 0.4) is 0 Å². The number of rotatable bonds is 4. The van der Waals surface area contributed by atoms with E-state index in [4.69, 9.17) is 0 Å². The van der Waals surface area contributed by atoms with Crippen LogP contribution >= 0.6 is 0 Å². The van der Waals surface area contributed by atoms with Gasteiger partial charge in [0.05, 0.1) is 6.54 Å². The summed E-state index contributed by atoms with van der Waals surface area (Å²) in [6, 6.07) is 0.391. The fourth-order valence-electron chi connectivity index (χ4n) is 1.71. The fourth-order valence-corrected chi connectivity index (χ4v) is 1.71. The minimum atomic E-state index is -0.0362. The third-order valence-electron chi connectivity index (χ3n) is 2.82. The van der Waals surface area contributed by atoms with E-state index >= 15 is 0 Å². The molecule has 14 heavy (non-hydrogen) atoms. The molecule has 1 heterocycles. The Morgan fingerprint density at radius 3 is 2.86 bits per heavy atom. The van der Waals surface area contributed by atoms with Gasteiger partial charge in [-0.25, -0.2) is 9.48 Å². The molecule has 1 N–H and O–H groups in total. The third kappa shape index (κ3) is 1.72. The molecule has 1 fully saturated rings. The first-order valence-corrected chi connectivity index (χ1v) is 4.98. The van der Waals surface area contributed by atoms with Crippen LogP contribution in [-0.2, 0) is 13.6 Å². The molecule has 1 aromatic heterocycles. The Morgan fingerprint density at radius 1 is 1.71 bits per heavy atom. The van der Waals surface area contributed by atoms with Crippen LogP contribution < -0.4 is 11.0 Å². The molecule has 1 saturated carbocycles. The van der Waals surface area contributed by atoms with E-state index in [2.05, 4.69) is 10.4 Å². The smallest absolute Gasteiger partial charge is 0.315 e. The Morgan fingerprint density at radius 2 is 2.43 bits per heavy atom. The molecule has 0 bridgehead atoms. The topological polar surface area (TPSA) is 51.9 Å². The van der Waals surface area contributed by atoms with E-state index in [0.29, 0.717) is 12.6 Å². The summed E-state index contributed by atoms with van der Waals surface area (Å²) in [5.74, 6) is 0.730. The summed E-state index contributed by atoms with van der Waals surface area (Å²) in [4.78, 5) is 11.5.